The molecule has 0 saturated carbocycles. The Kier molecular flexibility index (Phi) is 8.07. The Hall–Kier alpha value is -2.85. The fraction of sp³-hybridized carbons (Fsp3) is 0.238. The highest BCUT2D eigenvalue weighted by Gasteiger charge is 2.14. The van der Waals surface area contributed by atoms with Crippen LogP contribution in [0.1, 0.15) is 12.5 Å². The average Bonchev–Trinajstić information content (AvgIpc) is 3.21. The zero-order valence-corrected chi connectivity index (χ0v) is 19.7. The lowest BCUT2D eigenvalue weighted by Crippen LogP contribution is -2.20. The van der Waals surface area contributed by atoms with Gasteiger partial charge in [-0.15, -0.1) is 10.2 Å². The number of hydrogen-bond donors (Lipinski definition) is 1. The molecule has 1 heterocycles. The van der Waals surface area contributed by atoms with Gasteiger partial charge in [0.25, 0.3) is 5.91 Å². The van der Waals surface area contributed by atoms with Gasteiger partial charge in [0.15, 0.2) is 11.0 Å². The number of amides is 1. The number of rotatable bonds is 9. The van der Waals surface area contributed by atoms with Crippen molar-refractivity contribution in [1.82, 2.24) is 20.2 Å². The molecule has 8 nitrogen and oxygen atoms in total. The van der Waals surface area contributed by atoms with Crippen LogP contribution in [0, 0.1) is 0 Å². The van der Waals surface area contributed by atoms with Crippen LogP contribution in [0.3, 0.4) is 0 Å². The second-order valence-electron chi connectivity index (χ2n) is 6.25. The van der Waals surface area contributed by atoms with Gasteiger partial charge in [0.05, 0.1) is 30.7 Å². The second kappa shape index (κ2) is 11.0. The van der Waals surface area contributed by atoms with Crippen LogP contribution in [0.15, 0.2) is 57.2 Å². The van der Waals surface area contributed by atoms with Crippen LogP contribution in [-0.2, 0) is 11.3 Å². The van der Waals surface area contributed by atoms with E-state index in [1.54, 1.807) is 20.4 Å². The Morgan fingerprint density at radius 3 is 2.61 bits per heavy atom. The van der Waals surface area contributed by atoms with E-state index in [2.05, 4.69) is 36.7 Å². The lowest BCUT2D eigenvalue weighted by molar-refractivity contribution is -0.118. The summed E-state index contributed by atoms with van der Waals surface area (Å²) in [5.74, 6) is 2.19. The molecule has 0 fully saturated rings. The number of hydrogen-bond acceptors (Lipinski definition) is 7. The van der Waals surface area contributed by atoms with E-state index >= 15 is 0 Å². The van der Waals surface area contributed by atoms with Gasteiger partial charge in [-0.3, -0.25) is 4.79 Å². The van der Waals surface area contributed by atoms with Crippen LogP contribution in [0.25, 0.3) is 11.4 Å². The average molecular weight is 504 g/mol. The van der Waals surface area contributed by atoms with Crippen LogP contribution in [0.4, 0.5) is 0 Å². The summed E-state index contributed by atoms with van der Waals surface area (Å²) < 4.78 is 13.2. The monoisotopic (exact) mass is 503 g/mol. The maximum atomic E-state index is 12.2. The lowest BCUT2D eigenvalue weighted by atomic mass is 10.2. The van der Waals surface area contributed by atoms with E-state index in [0.29, 0.717) is 11.7 Å². The molecular weight excluding hydrogens is 482 g/mol. The summed E-state index contributed by atoms with van der Waals surface area (Å²) in [5, 5.41) is 13.2. The first-order valence-electron chi connectivity index (χ1n) is 9.41. The predicted octanol–water partition coefficient (Wildman–Crippen LogP) is 3.99. The Morgan fingerprint density at radius 1 is 1.19 bits per heavy atom. The third kappa shape index (κ3) is 5.86. The fourth-order valence-corrected chi connectivity index (χ4v) is 4.09. The third-order valence-corrected chi connectivity index (χ3v) is 5.88. The zero-order valence-electron chi connectivity index (χ0n) is 17.3. The van der Waals surface area contributed by atoms with Crippen molar-refractivity contribution in [3.05, 3.63) is 52.5 Å². The summed E-state index contributed by atoms with van der Waals surface area (Å²) in [7, 11) is 3.23. The normalized spacial score (nSPS) is 11.0. The molecule has 0 atom stereocenters. The summed E-state index contributed by atoms with van der Waals surface area (Å²) in [6.07, 6.45) is 1.57. The Morgan fingerprint density at radius 2 is 1.97 bits per heavy atom. The van der Waals surface area contributed by atoms with Gasteiger partial charge in [-0.25, -0.2) is 5.43 Å². The Labute approximate surface area is 193 Å². The number of hydrazone groups is 1. The largest absolute Gasteiger partial charge is 0.497 e. The first-order valence-corrected chi connectivity index (χ1v) is 11.2. The molecule has 0 aliphatic rings. The standard InChI is InChI=1S/C21H22BrN5O3S/c1-4-27-20(15-6-8-16(29-2)9-7-15)25-26-21(27)31-13-19(28)24-23-12-14-5-10-18(30-3)17(22)11-14/h5-12H,4,13H2,1-3H3,(H,24,28). The number of thioether (sulfide) groups is 1. The van der Waals surface area contributed by atoms with Gasteiger partial charge >= 0.3 is 0 Å². The molecule has 2 aromatic carbocycles. The third-order valence-electron chi connectivity index (χ3n) is 4.29. The first-order chi connectivity index (χ1) is 15.0. The molecule has 1 amide bonds. The zero-order chi connectivity index (χ0) is 22.2. The number of halogens is 1. The molecule has 0 aliphatic heterocycles. The molecule has 31 heavy (non-hydrogen) atoms. The highest BCUT2D eigenvalue weighted by molar-refractivity contribution is 9.10. The van der Waals surface area contributed by atoms with E-state index in [4.69, 9.17) is 9.47 Å². The summed E-state index contributed by atoms with van der Waals surface area (Å²) in [4.78, 5) is 12.2. The summed E-state index contributed by atoms with van der Waals surface area (Å²) >= 11 is 4.73. The molecule has 1 N–H and O–H groups in total. The van der Waals surface area contributed by atoms with Crippen molar-refractivity contribution in [2.75, 3.05) is 20.0 Å². The number of carbonyl (C=O) groups excluding carboxylic acids is 1. The molecule has 1 aromatic heterocycles. The Bertz CT molecular complexity index is 1070. The predicted molar refractivity (Wildman–Crippen MR) is 125 cm³/mol. The molecule has 10 heteroatoms. The van der Waals surface area contributed by atoms with Crippen LogP contribution < -0.4 is 14.9 Å². The van der Waals surface area contributed by atoms with Gasteiger partial charge < -0.3 is 14.0 Å². The fourth-order valence-electron chi connectivity index (χ4n) is 2.74. The Balaban J connectivity index is 1.58. The van der Waals surface area contributed by atoms with Gasteiger partial charge in [0.1, 0.15) is 11.5 Å². The topological polar surface area (TPSA) is 90.6 Å². The van der Waals surface area contributed by atoms with Gasteiger partial charge in [0.2, 0.25) is 0 Å². The number of benzene rings is 2. The molecule has 0 aliphatic carbocycles. The minimum atomic E-state index is -0.231. The molecule has 0 radical (unpaired) electrons. The maximum absolute atomic E-state index is 12.2. The molecule has 0 unspecified atom stereocenters. The quantitative estimate of drug-likeness (QED) is 0.269. The summed E-state index contributed by atoms with van der Waals surface area (Å²) in [6, 6.07) is 13.1. The van der Waals surface area contributed by atoms with Crippen LogP contribution in [0.5, 0.6) is 11.5 Å². The summed E-state index contributed by atoms with van der Waals surface area (Å²) in [5.41, 5.74) is 4.29. The molecule has 0 saturated heterocycles. The summed E-state index contributed by atoms with van der Waals surface area (Å²) in [6.45, 7) is 2.70. The molecule has 162 valence electrons. The number of nitrogens with zero attached hydrogens (tertiary/aromatic N) is 4. The molecule has 0 spiro atoms. The minimum absolute atomic E-state index is 0.171. The lowest BCUT2D eigenvalue weighted by Gasteiger charge is -2.07. The van der Waals surface area contributed by atoms with Gasteiger partial charge in [-0.1, -0.05) is 11.8 Å². The van der Waals surface area contributed by atoms with Crippen molar-refractivity contribution < 1.29 is 14.3 Å². The SMILES string of the molecule is CCn1c(SCC(=O)NN=Cc2ccc(OC)c(Br)c2)nnc1-c1ccc(OC)cc1. The van der Waals surface area contributed by atoms with Crippen LogP contribution in [0.2, 0.25) is 0 Å². The van der Waals surface area contributed by atoms with E-state index in [0.717, 1.165) is 32.9 Å². The van der Waals surface area contributed by atoms with E-state index < -0.39 is 0 Å². The van der Waals surface area contributed by atoms with Crippen molar-refractivity contribution in [2.45, 2.75) is 18.6 Å². The van der Waals surface area contributed by atoms with E-state index in [1.807, 2.05) is 54.0 Å². The van der Waals surface area contributed by atoms with Crippen molar-refractivity contribution in [3.8, 4) is 22.9 Å². The van der Waals surface area contributed by atoms with Gasteiger partial charge in [-0.2, -0.15) is 5.10 Å². The van der Waals surface area contributed by atoms with Crippen molar-refractivity contribution in [2.24, 2.45) is 5.10 Å². The van der Waals surface area contributed by atoms with Crippen molar-refractivity contribution in [3.63, 3.8) is 0 Å². The van der Waals surface area contributed by atoms with Crippen molar-refractivity contribution >= 4 is 39.8 Å². The van der Waals surface area contributed by atoms with Gasteiger partial charge in [-0.05, 0) is 70.9 Å². The number of ether oxygens (including phenoxy) is 2. The van der Waals surface area contributed by atoms with Crippen molar-refractivity contribution in [1.29, 1.82) is 0 Å². The highest BCUT2D eigenvalue weighted by atomic mass is 79.9. The van der Waals surface area contributed by atoms with E-state index in [-0.39, 0.29) is 11.7 Å². The second-order valence-corrected chi connectivity index (χ2v) is 8.05. The van der Waals surface area contributed by atoms with Gasteiger partial charge in [0, 0.05) is 12.1 Å². The van der Waals surface area contributed by atoms with E-state index in [9.17, 15) is 4.79 Å². The number of nitrogens with one attached hydrogen (secondary N) is 1. The smallest absolute Gasteiger partial charge is 0.250 e. The molecule has 3 rings (SSSR count). The van der Waals surface area contributed by atoms with E-state index in [1.165, 1.54) is 11.8 Å². The maximum Gasteiger partial charge on any atom is 0.250 e. The molecule has 0 bridgehead atoms. The highest BCUT2D eigenvalue weighted by Crippen LogP contribution is 2.26. The number of aromatic nitrogens is 3. The van der Waals surface area contributed by atoms with Crippen LogP contribution in [-0.4, -0.2) is 46.9 Å². The molecular formula is C21H22BrN5O3S. The number of carbonyl (C=O) groups is 1. The minimum Gasteiger partial charge on any atom is -0.497 e. The molecule has 3 aromatic rings. The number of methoxy groups -OCH3 is 2. The first kappa shape index (κ1) is 22.8. The van der Waals surface area contributed by atoms with Crippen LogP contribution >= 0.6 is 27.7 Å².